The van der Waals surface area contributed by atoms with E-state index >= 15 is 0 Å². The van der Waals surface area contributed by atoms with Crippen molar-refractivity contribution in [3.05, 3.63) is 63.5 Å². The first-order chi connectivity index (χ1) is 15.3. The maximum absolute atomic E-state index is 12.6. The zero-order chi connectivity index (χ0) is 22.8. The van der Waals surface area contributed by atoms with E-state index in [4.69, 9.17) is 9.15 Å². The summed E-state index contributed by atoms with van der Waals surface area (Å²) < 4.78 is 11.8. The number of carbonyl (C=O) groups is 1. The first kappa shape index (κ1) is 21.9. The molecule has 32 heavy (non-hydrogen) atoms. The Hall–Kier alpha value is -3.32. The van der Waals surface area contributed by atoms with Crippen molar-refractivity contribution >= 4 is 28.4 Å². The van der Waals surface area contributed by atoms with Gasteiger partial charge < -0.3 is 24.7 Å². The molecule has 2 aromatic carbocycles. The van der Waals surface area contributed by atoms with Gasteiger partial charge in [-0.15, -0.1) is 0 Å². The summed E-state index contributed by atoms with van der Waals surface area (Å²) in [5.41, 5.74) is 3.48. The lowest BCUT2D eigenvalue weighted by Gasteiger charge is -2.29. The quantitative estimate of drug-likeness (QED) is 0.573. The molecule has 2 N–H and O–H groups in total. The number of aryl methyl sites for hydroxylation is 3. The van der Waals surface area contributed by atoms with Gasteiger partial charge in [0.25, 0.3) is 0 Å². The second-order valence-electron chi connectivity index (χ2n) is 8.63. The van der Waals surface area contributed by atoms with Crippen LogP contribution >= 0.6 is 0 Å². The molecule has 1 aromatic heterocycles. The minimum Gasteiger partial charge on any atom is -0.490 e. The zero-order valence-electron chi connectivity index (χ0n) is 19.0. The third-order valence-corrected chi connectivity index (χ3v) is 5.79. The molecule has 7 heteroatoms. The molecule has 0 unspecified atom stereocenters. The van der Waals surface area contributed by atoms with Gasteiger partial charge in [0, 0.05) is 29.7 Å². The predicted octanol–water partition coefficient (Wildman–Crippen LogP) is 4.84. The Morgan fingerprint density at radius 3 is 2.41 bits per heavy atom. The normalized spacial score (nSPS) is 15.0. The summed E-state index contributed by atoms with van der Waals surface area (Å²) in [5.74, 6) is 0.725. The van der Waals surface area contributed by atoms with E-state index in [1.54, 1.807) is 6.07 Å². The maximum atomic E-state index is 12.6. The number of anilines is 2. The Morgan fingerprint density at radius 2 is 1.72 bits per heavy atom. The fourth-order valence-electron chi connectivity index (χ4n) is 4.13. The SMILES string of the molecule is Cc1cc(C)cc(NC(=O)Nc2cc3ccc(OC4CCN(C)CC4)c(C)c3oc2=O)c1. The van der Waals surface area contributed by atoms with Crippen LogP contribution in [0.25, 0.3) is 11.0 Å². The first-order valence-corrected chi connectivity index (χ1v) is 10.9. The third kappa shape index (κ3) is 4.94. The molecule has 0 saturated carbocycles. The summed E-state index contributed by atoms with van der Waals surface area (Å²) in [6.45, 7) is 7.81. The van der Waals surface area contributed by atoms with E-state index in [2.05, 4.69) is 22.6 Å². The topological polar surface area (TPSA) is 83.8 Å². The van der Waals surface area contributed by atoms with E-state index in [1.807, 2.05) is 51.1 Å². The number of nitrogens with zero attached hydrogens (tertiary/aromatic N) is 1. The van der Waals surface area contributed by atoms with Gasteiger partial charge in [0.05, 0.1) is 0 Å². The molecule has 0 spiro atoms. The number of rotatable bonds is 4. The van der Waals surface area contributed by atoms with Crippen LogP contribution in [0.15, 0.2) is 45.6 Å². The van der Waals surface area contributed by atoms with Crippen LogP contribution in [0.2, 0.25) is 0 Å². The highest BCUT2D eigenvalue weighted by Gasteiger charge is 2.20. The van der Waals surface area contributed by atoms with Gasteiger partial charge in [-0.05, 0) is 82.1 Å². The average molecular weight is 436 g/mol. The molecular formula is C25H29N3O4. The number of urea groups is 1. The Labute approximate surface area is 187 Å². The van der Waals surface area contributed by atoms with Gasteiger partial charge in [-0.3, -0.25) is 0 Å². The van der Waals surface area contributed by atoms with E-state index in [0.29, 0.717) is 11.3 Å². The number of hydrogen-bond donors (Lipinski definition) is 2. The molecular weight excluding hydrogens is 406 g/mol. The Bertz CT molecular complexity index is 1190. The summed E-state index contributed by atoms with van der Waals surface area (Å²) in [7, 11) is 2.11. The van der Waals surface area contributed by atoms with Gasteiger partial charge in [-0.25, -0.2) is 9.59 Å². The molecule has 7 nitrogen and oxygen atoms in total. The van der Waals surface area contributed by atoms with Crippen LogP contribution in [0.3, 0.4) is 0 Å². The molecule has 3 aromatic rings. The van der Waals surface area contributed by atoms with Crippen molar-refractivity contribution in [2.24, 2.45) is 0 Å². The van der Waals surface area contributed by atoms with Crippen LogP contribution in [0.5, 0.6) is 5.75 Å². The molecule has 0 aliphatic carbocycles. The van der Waals surface area contributed by atoms with Crippen molar-refractivity contribution in [1.29, 1.82) is 0 Å². The minimum atomic E-state index is -0.604. The fraction of sp³-hybridized carbons (Fsp3) is 0.360. The number of likely N-dealkylation sites (tertiary alicyclic amines) is 1. The van der Waals surface area contributed by atoms with Crippen molar-refractivity contribution in [3.63, 3.8) is 0 Å². The lowest BCUT2D eigenvalue weighted by molar-refractivity contribution is 0.113. The highest BCUT2D eigenvalue weighted by Crippen LogP contribution is 2.30. The molecule has 1 saturated heterocycles. The van der Waals surface area contributed by atoms with Gasteiger partial charge in [0.2, 0.25) is 0 Å². The van der Waals surface area contributed by atoms with E-state index in [9.17, 15) is 9.59 Å². The van der Waals surface area contributed by atoms with Gasteiger partial charge in [0.15, 0.2) is 0 Å². The summed E-state index contributed by atoms with van der Waals surface area (Å²) in [6.07, 6.45) is 2.09. The van der Waals surface area contributed by atoms with Crippen LogP contribution in [-0.2, 0) is 0 Å². The lowest BCUT2D eigenvalue weighted by atomic mass is 10.1. The molecule has 1 aliphatic heterocycles. The van der Waals surface area contributed by atoms with Crippen LogP contribution < -0.4 is 21.0 Å². The average Bonchev–Trinajstić information content (AvgIpc) is 2.72. The molecule has 2 heterocycles. The molecule has 0 atom stereocenters. The highest BCUT2D eigenvalue weighted by atomic mass is 16.5. The van der Waals surface area contributed by atoms with Gasteiger partial charge in [-0.1, -0.05) is 6.07 Å². The van der Waals surface area contributed by atoms with Crippen LogP contribution in [0.4, 0.5) is 16.2 Å². The Kier molecular flexibility index (Phi) is 6.19. The summed E-state index contributed by atoms with van der Waals surface area (Å²) in [5, 5.41) is 6.09. The van der Waals surface area contributed by atoms with E-state index in [1.165, 1.54) is 0 Å². The van der Waals surface area contributed by atoms with Crippen molar-refractivity contribution < 1.29 is 13.9 Å². The molecule has 0 bridgehead atoms. The summed E-state index contributed by atoms with van der Waals surface area (Å²) >= 11 is 0. The standard InChI is InChI=1S/C25H29N3O4/c1-15-11-16(2)13-19(12-15)26-25(30)27-21-14-18-5-6-22(17(3)23(18)32-24(21)29)31-20-7-9-28(4)10-8-20/h5-6,11-14,20H,7-10H2,1-4H3,(H2,26,27,30). The number of ether oxygens (including phenoxy) is 1. The summed E-state index contributed by atoms with van der Waals surface area (Å²) in [4.78, 5) is 27.3. The second-order valence-corrected chi connectivity index (χ2v) is 8.63. The fourth-order valence-corrected chi connectivity index (χ4v) is 4.13. The number of nitrogens with one attached hydrogen (secondary N) is 2. The van der Waals surface area contributed by atoms with E-state index in [0.717, 1.165) is 53.8 Å². The second kappa shape index (κ2) is 9.04. The van der Waals surface area contributed by atoms with Crippen molar-refractivity contribution in [1.82, 2.24) is 4.90 Å². The third-order valence-electron chi connectivity index (χ3n) is 5.79. The molecule has 168 valence electrons. The minimum absolute atomic E-state index is 0.0859. The number of piperidine rings is 1. The first-order valence-electron chi connectivity index (χ1n) is 10.9. The largest absolute Gasteiger partial charge is 0.490 e. The lowest BCUT2D eigenvalue weighted by Crippen LogP contribution is -2.35. The van der Waals surface area contributed by atoms with Crippen LogP contribution in [0.1, 0.15) is 29.5 Å². The smallest absolute Gasteiger partial charge is 0.360 e. The number of fused-ring (bicyclic) bond motifs is 1. The van der Waals surface area contributed by atoms with Gasteiger partial charge in [0.1, 0.15) is 23.1 Å². The van der Waals surface area contributed by atoms with Crippen LogP contribution in [0, 0.1) is 20.8 Å². The van der Waals surface area contributed by atoms with Gasteiger partial charge >= 0.3 is 11.7 Å². The van der Waals surface area contributed by atoms with E-state index in [-0.39, 0.29) is 11.8 Å². The van der Waals surface area contributed by atoms with Crippen molar-refractivity contribution in [2.45, 2.75) is 39.7 Å². The molecule has 1 fully saturated rings. The summed E-state index contributed by atoms with van der Waals surface area (Å²) in [6, 6.07) is 10.6. The highest BCUT2D eigenvalue weighted by molar-refractivity contribution is 6.00. The number of amides is 2. The Balaban J connectivity index is 1.52. The van der Waals surface area contributed by atoms with Crippen LogP contribution in [-0.4, -0.2) is 37.2 Å². The van der Waals surface area contributed by atoms with E-state index < -0.39 is 11.7 Å². The molecule has 0 radical (unpaired) electrons. The predicted molar refractivity (Wildman–Crippen MR) is 127 cm³/mol. The monoisotopic (exact) mass is 435 g/mol. The number of hydrogen-bond acceptors (Lipinski definition) is 5. The Morgan fingerprint density at radius 1 is 1.03 bits per heavy atom. The number of carbonyl (C=O) groups excluding carboxylic acids is 1. The zero-order valence-corrected chi connectivity index (χ0v) is 19.0. The molecule has 1 aliphatic rings. The molecule has 2 amide bonds. The number of benzene rings is 2. The van der Waals surface area contributed by atoms with Crippen molar-refractivity contribution in [2.75, 3.05) is 30.8 Å². The maximum Gasteiger partial charge on any atom is 0.360 e. The molecule has 4 rings (SSSR count). The van der Waals surface area contributed by atoms with Gasteiger partial charge in [-0.2, -0.15) is 0 Å². The van der Waals surface area contributed by atoms with Crippen molar-refractivity contribution in [3.8, 4) is 5.75 Å².